The highest BCUT2D eigenvalue weighted by Crippen LogP contribution is 2.55. The number of halogens is 1. The molecule has 0 aliphatic carbocycles. The summed E-state index contributed by atoms with van der Waals surface area (Å²) in [5, 5.41) is 0.589. The number of carbonyl (C=O) groups excluding carboxylic acids is 1. The van der Waals surface area contributed by atoms with Crippen molar-refractivity contribution in [3.8, 4) is 5.75 Å². The third-order valence-electron chi connectivity index (χ3n) is 10.4. The molecule has 10 heteroatoms. The average molecular weight is 793 g/mol. The van der Waals surface area contributed by atoms with Crippen LogP contribution in [0.3, 0.4) is 0 Å². The fourth-order valence-corrected chi connectivity index (χ4v) is 7.73. The van der Waals surface area contributed by atoms with Crippen molar-refractivity contribution in [2.45, 2.75) is 82.8 Å². The molecule has 1 unspecified atom stereocenters. The first-order valence-corrected chi connectivity index (χ1v) is 19.9. The Kier molecular flexibility index (Phi) is 13.3. The van der Waals surface area contributed by atoms with Gasteiger partial charge in [-0.1, -0.05) is 121 Å². The first-order valence-electron chi connectivity index (χ1n) is 19.5. The van der Waals surface area contributed by atoms with E-state index in [0.29, 0.717) is 23.6 Å². The fraction of sp³-hybridized carbons (Fsp3) is 0.340. The number of hydrogen-bond donors (Lipinski definition) is 0. The molecule has 0 radical (unpaired) electrons. The number of benzene rings is 5. The lowest BCUT2D eigenvalue weighted by Crippen LogP contribution is -2.69. The van der Waals surface area contributed by atoms with Crippen LogP contribution in [-0.4, -0.2) is 56.0 Å². The van der Waals surface area contributed by atoms with E-state index in [0.717, 1.165) is 33.6 Å². The number of fused-ring (bicyclic) bond motifs is 2. The minimum Gasteiger partial charge on any atom is -0.494 e. The van der Waals surface area contributed by atoms with E-state index >= 15 is 0 Å². The molecule has 0 spiro atoms. The highest BCUT2D eigenvalue weighted by atomic mass is 35.5. The summed E-state index contributed by atoms with van der Waals surface area (Å²) in [6.07, 6.45) is -3.73. The van der Waals surface area contributed by atoms with Crippen LogP contribution in [0, 0.1) is 0 Å². The van der Waals surface area contributed by atoms with Gasteiger partial charge in [0.05, 0.1) is 39.6 Å². The van der Waals surface area contributed by atoms with Gasteiger partial charge in [0.25, 0.3) is 0 Å². The zero-order chi connectivity index (χ0) is 39.7. The van der Waals surface area contributed by atoms with Crippen LogP contribution in [0.15, 0.2) is 133 Å². The van der Waals surface area contributed by atoms with Crippen molar-refractivity contribution in [2.24, 2.45) is 0 Å². The molecule has 0 amide bonds. The predicted octanol–water partition coefficient (Wildman–Crippen LogP) is 9.60. The van der Waals surface area contributed by atoms with E-state index in [1.165, 1.54) is 0 Å². The van der Waals surface area contributed by atoms with Gasteiger partial charge in [-0.25, -0.2) is 4.79 Å². The molecular weight excluding hydrogens is 744 g/mol. The van der Waals surface area contributed by atoms with Gasteiger partial charge in [0, 0.05) is 10.6 Å². The Bertz CT molecular complexity index is 2030. The monoisotopic (exact) mass is 792 g/mol. The first kappa shape index (κ1) is 40.5. The molecule has 0 N–H and O–H groups in total. The maximum absolute atomic E-state index is 13.0. The van der Waals surface area contributed by atoms with E-state index in [4.69, 9.17) is 49.5 Å². The van der Waals surface area contributed by atoms with Crippen LogP contribution in [0.5, 0.6) is 5.75 Å². The van der Waals surface area contributed by atoms with Crippen molar-refractivity contribution >= 4 is 17.8 Å². The molecule has 2 saturated heterocycles. The minimum atomic E-state index is -1.55. The fourth-order valence-electron chi connectivity index (χ4n) is 7.55. The van der Waals surface area contributed by atoms with E-state index in [2.05, 4.69) is 0 Å². The second kappa shape index (κ2) is 18.7. The largest absolute Gasteiger partial charge is 0.508 e. The Morgan fingerprint density at radius 2 is 1.30 bits per heavy atom. The number of ether oxygens (including phenoxy) is 8. The Morgan fingerprint density at radius 1 is 0.719 bits per heavy atom. The third-order valence-corrected chi connectivity index (χ3v) is 10.8. The molecule has 2 heterocycles. The number of hydrogen-bond acceptors (Lipinski definition) is 9. The van der Waals surface area contributed by atoms with Crippen LogP contribution >= 0.6 is 11.6 Å². The summed E-state index contributed by atoms with van der Waals surface area (Å²) in [4.78, 5) is 13.0. The van der Waals surface area contributed by atoms with E-state index in [1.807, 2.05) is 140 Å². The topological polar surface area (TPSA) is 90.9 Å². The van der Waals surface area contributed by atoms with Crippen molar-refractivity contribution < 1.29 is 42.7 Å². The zero-order valence-electron chi connectivity index (χ0n) is 32.5. The second-order valence-corrected chi connectivity index (χ2v) is 14.6. The number of carbonyl (C=O) groups is 1. The lowest BCUT2D eigenvalue weighted by atomic mass is 9.80. The third kappa shape index (κ3) is 9.20. The summed E-state index contributed by atoms with van der Waals surface area (Å²) < 4.78 is 52.1. The van der Waals surface area contributed by atoms with Gasteiger partial charge in [0.2, 0.25) is 5.79 Å². The Balaban J connectivity index is 1.34. The van der Waals surface area contributed by atoms with E-state index in [1.54, 1.807) is 13.8 Å². The average Bonchev–Trinajstić information content (AvgIpc) is 3.60. The van der Waals surface area contributed by atoms with Crippen molar-refractivity contribution in [1.82, 2.24) is 0 Å². The molecule has 5 aromatic carbocycles. The molecule has 0 aromatic heterocycles. The SMILES string of the molecule is CCOC(=O)OC(C)[C@@]12CO[C@@](c3ccc(Cl)c(Cc4ccc(OCC)cc4)c3)(O1)[C@H](OCc1ccccc1)[C@@H](OCc1ccccc1)[C@@H]2OCc1ccccc1. The van der Waals surface area contributed by atoms with Gasteiger partial charge in [-0.2, -0.15) is 0 Å². The Labute approximate surface area is 339 Å². The molecule has 0 saturated carbocycles. The van der Waals surface area contributed by atoms with Gasteiger partial charge in [-0.05, 0) is 79.3 Å². The van der Waals surface area contributed by atoms with Crippen molar-refractivity contribution in [1.29, 1.82) is 0 Å². The molecule has 9 nitrogen and oxygen atoms in total. The van der Waals surface area contributed by atoms with Crippen LogP contribution in [-0.2, 0) is 65.2 Å². The van der Waals surface area contributed by atoms with Crippen LogP contribution < -0.4 is 4.74 Å². The highest BCUT2D eigenvalue weighted by Gasteiger charge is 2.72. The summed E-state index contributed by atoms with van der Waals surface area (Å²) in [6, 6.07) is 43.4. The summed E-state index contributed by atoms with van der Waals surface area (Å²) in [7, 11) is 0. The van der Waals surface area contributed by atoms with Gasteiger partial charge in [0.15, 0.2) is 5.60 Å². The van der Waals surface area contributed by atoms with Crippen LogP contribution in [0.1, 0.15) is 54.2 Å². The van der Waals surface area contributed by atoms with E-state index in [9.17, 15) is 4.79 Å². The maximum atomic E-state index is 13.0. The molecule has 2 aliphatic heterocycles. The number of rotatable bonds is 17. The van der Waals surface area contributed by atoms with Gasteiger partial charge < -0.3 is 37.9 Å². The summed E-state index contributed by atoms with van der Waals surface area (Å²) in [5.41, 5.74) is 4.08. The molecule has 2 aliphatic rings. The minimum absolute atomic E-state index is 0.0136. The molecular formula is C47H49ClO9. The second-order valence-electron chi connectivity index (χ2n) is 14.2. The van der Waals surface area contributed by atoms with E-state index < -0.39 is 42.0 Å². The zero-order valence-corrected chi connectivity index (χ0v) is 33.3. The normalized spacial score (nSPS) is 23.1. The quantitative estimate of drug-likeness (QED) is 0.0855. The van der Waals surface area contributed by atoms with Crippen LogP contribution in [0.2, 0.25) is 5.02 Å². The first-order chi connectivity index (χ1) is 27.8. The van der Waals surface area contributed by atoms with Crippen molar-refractivity contribution in [2.75, 3.05) is 19.8 Å². The summed E-state index contributed by atoms with van der Waals surface area (Å²) in [6.45, 7) is 6.87. The molecule has 298 valence electrons. The molecule has 7 rings (SSSR count). The molecule has 2 bridgehead atoms. The maximum Gasteiger partial charge on any atom is 0.508 e. The molecule has 5 aromatic rings. The standard InChI is InChI=1S/C47H49ClO9/c1-4-50-40-24-21-34(22-25-40)27-38-28-39(23-26-41(38)48)47-44(54-31-37-19-13-8-14-20-37)42(52-29-35-15-9-6-10-16-35)43(53-30-36-17-11-7-12-18-36)46(57-47,32-55-47)33(3)56-45(49)51-5-2/h6-26,28,33,42-44H,4-5,27,29-32H2,1-3H3/t33?,42-,43-,44+,46+,47-/m0/s1. The van der Waals surface area contributed by atoms with Crippen molar-refractivity contribution in [3.05, 3.63) is 172 Å². The molecule has 57 heavy (non-hydrogen) atoms. The lowest BCUT2D eigenvalue weighted by Gasteiger charge is -2.52. The van der Waals surface area contributed by atoms with Gasteiger partial charge in [-0.3, -0.25) is 0 Å². The molecule has 2 fully saturated rings. The van der Waals surface area contributed by atoms with Crippen LogP contribution in [0.4, 0.5) is 4.79 Å². The van der Waals surface area contributed by atoms with Gasteiger partial charge >= 0.3 is 6.16 Å². The lowest BCUT2D eigenvalue weighted by molar-refractivity contribution is -0.359. The highest BCUT2D eigenvalue weighted by molar-refractivity contribution is 6.31. The smallest absolute Gasteiger partial charge is 0.494 e. The summed E-state index contributed by atoms with van der Waals surface area (Å²) >= 11 is 6.92. The Morgan fingerprint density at radius 3 is 1.88 bits per heavy atom. The van der Waals surface area contributed by atoms with Crippen molar-refractivity contribution in [3.63, 3.8) is 0 Å². The predicted molar refractivity (Wildman–Crippen MR) is 216 cm³/mol. The van der Waals surface area contributed by atoms with E-state index in [-0.39, 0.29) is 33.0 Å². The van der Waals surface area contributed by atoms with Crippen LogP contribution in [0.25, 0.3) is 0 Å². The van der Waals surface area contributed by atoms with Gasteiger partial charge in [-0.15, -0.1) is 0 Å². The molecule has 6 atom stereocenters. The summed E-state index contributed by atoms with van der Waals surface area (Å²) in [5.74, 6) is -0.748. The Hall–Kier alpha value is -4.74. The van der Waals surface area contributed by atoms with Gasteiger partial charge in [0.1, 0.15) is 30.2 Å².